The van der Waals surface area contributed by atoms with Gasteiger partial charge in [0.05, 0.1) is 42.0 Å². The van der Waals surface area contributed by atoms with Crippen LogP contribution in [-0.2, 0) is 25.6 Å². The number of benzene rings is 4. The van der Waals surface area contributed by atoms with Crippen molar-refractivity contribution in [3.63, 3.8) is 0 Å². The van der Waals surface area contributed by atoms with Crippen molar-refractivity contribution < 1.29 is 55.3 Å². The maximum Gasteiger partial charge on any atom is 0.448 e. The molecule has 0 fully saturated rings. The first kappa shape index (κ1) is 54.2. The average molecular weight is 1020 g/mol. The van der Waals surface area contributed by atoms with Crippen LogP contribution in [-0.4, -0.2) is 56.6 Å². The van der Waals surface area contributed by atoms with Gasteiger partial charge in [0.2, 0.25) is 0 Å². The van der Waals surface area contributed by atoms with Crippen LogP contribution in [0.3, 0.4) is 0 Å². The van der Waals surface area contributed by atoms with Crippen LogP contribution in [0.15, 0.2) is 102 Å². The fraction of sp³-hybridized carbons (Fsp3) is 0.227. The largest absolute Gasteiger partial charge is 0.497 e. The van der Waals surface area contributed by atoms with Gasteiger partial charge in [0.15, 0.2) is 22.9 Å². The maximum absolute atomic E-state index is 13.3. The minimum atomic E-state index is -4.70. The summed E-state index contributed by atoms with van der Waals surface area (Å²) in [6.45, 7) is 4.32. The first-order chi connectivity index (χ1) is 31.1. The Labute approximate surface area is 394 Å². The van der Waals surface area contributed by atoms with Gasteiger partial charge in [0, 0.05) is 16.7 Å². The van der Waals surface area contributed by atoms with Crippen molar-refractivity contribution in [1.29, 1.82) is 10.5 Å². The van der Waals surface area contributed by atoms with Gasteiger partial charge in [0.25, 0.3) is 0 Å². The molecule has 4 aromatic carbocycles. The van der Waals surface area contributed by atoms with Gasteiger partial charge < -0.3 is 29.0 Å². The number of halogens is 9. The molecule has 0 bridgehead atoms. The van der Waals surface area contributed by atoms with E-state index in [1.807, 2.05) is 12.1 Å². The van der Waals surface area contributed by atoms with Gasteiger partial charge >= 0.3 is 19.5 Å². The summed E-state index contributed by atoms with van der Waals surface area (Å²) in [5.74, 6) is 1.21. The zero-order valence-electron chi connectivity index (χ0n) is 35.4. The molecule has 0 unspecified atom stereocenters. The minimum Gasteiger partial charge on any atom is -0.497 e. The Hall–Kier alpha value is -6.16. The highest BCUT2D eigenvalue weighted by Crippen LogP contribution is 2.43. The molecule has 0 aliphatic rings. The number of nitrogens with zero attached hydrogens (tertiary/aromatic N) is 6. The highest BCUT2D eigenvalue weighted by atomic mass is 79.9. The molecule has 0 aliphatic carbocycles. The fourth-order valence-electron chi connectivity index (χ4n) is 5.20. The van der Waals surface area contributed by atoms with Crippen LogP contribution in [0.25, 0.3) is 22.5 Å². The third-order valence-electron chi connectivity index (χ3n) is 8.23. The Morgan fingerprint density at radius 2 is 0.970 bits per heavy atom. The van der Waals surface area contributed by atoms with Crippen LogP contribution in [0.4, 0.5) is 26.3 Å². The van der Waals surface area contributed by atoms with Crippen molar-refractivity contribution in [2.24, 2.45) is 0 Å². The molecule has 22 heteroatoms. The highest BCUT2D eigenvalue weighted by Gasteiger charge is 2.39. The molecule has 346 valence electrons. The topological polar surface area (TPSA) is 177 Å². The van der Waals surface area contributed by atoms with Gasteiger partial charge in [0.1, 0.15) is 40.9 Å². The first-order valence-electron chi connectivity index (χ1n) is 18.9. The average Bonchev–Trinajstić information content (AvgIpc) is 3.27. The van der Waals surface area contributed by atoms with E-state index in [2.05, 4.69) is 36.3 Å². The first-order valence-corrected chi connectivity index (χ1v) is 20.5. The summed E-state index contributed by atoms with van der Waals surface area (Å²) in [7, 11) is 1.91. The Kier molecular flexibility index (Phi) is 20.9. The number of hydrogen-bond donors (Lipinski definition) is 2. The van der Waals surface area contributed by atoms with E-state index < -0.39 is 30.9 Å². The predicted molar refractivity (Wildman–Crippen MR) is 239 cm³/mol. The van der Waals surface area contributed by atoms with Crippen LogP contribution in [0, 0.1) is 29.6 Å². The van der Waals surface area contributed by atoms with E-state index in [1.54, 1.807) is 99.0 Å². The van der Waals surface area contributed by atoms with E-state index in [9.17, 15) is 26.3 Å². The quantitative estimate of drug-likeness (QED) is 0.0755. The van der Waals surface area contributed by atoms with Crippen molar-refractivity contribution in [3.05, 3.63) is 141 Å². The van der Waals surface area contributed by atoms with E-state index in [0.29, 0.717) is 33.8 Å². The molecule has 6 rings (SSSR count). The Bertz CT molecular complexity index is 2380. The normalized spacial score (nSPS) is 10.7. The fourth-order valence-corrected chi connectivity index (χ4v) is 5.81. The SMILES string of the molecule is CB(O)O.CC(Cl)Cl.COc1ccc(COc2c(-c3ccc(C#N)cc3)nnc(C(F)(F)F)c2Br)cc1.COc1ccc(COc2c(-c3ccc(C#N)cc3)nnc(C(F)(F)F)c2C)cc1. The molecule has 0 radical (unpaired) electrons. The molecule has 66 heavy (non-hydrogen) atoms. The van der Waals surface area contributed by atoms with E-state index in [-0.39, 0.29) is 51.0 Å². The lowest BCUT2D eigenvalue weighted by Gasteiger charge is -2.17. The lowest BCUT2D eigenvalue weighted by molar-refractivity contribution is -0.143. The number of rotatable bonds is 10. The van der Waals surface area contributed by atoms with E-state index in [0.717, 1.165) is 11.1 Å². The van der Waals surface area contributed by atoms with Gasteiger partial charge in [-0.2, -0.15) is 36.9 Å². The lowest BCUT2D eigenvalue weighted by Crippen LogP contribution is -2.14. The van der Waals surface area contributed by atoms with Crippen LogP contribution in [0.1, 0.15) is 46.1 Å². The van der Waals surface area contributed by atoms with Crippen molar-refractivity contribution in [2.45, 2.75) is 51.1 Å². The monoisotopic (exact) mass is 1020 g/mol. The Morgan fingerprint density at radius 3 is 1.30 bits per heavy atom. The summed E-state index contributed by atoms with van der Waals surface area (Å²) in [5, 5.41) is 47.3. The molecule has 6 aromatic rings. The molecule has 0 aliphatic heterocycles. The lowest BCUT2D eigenvalue weighted by atomic mass is 9.99. The van der Waals surface area contributed by atoms with Crippen LogP contribution < -0.4 is 18.9 Å². The standard InChI is InChI=1S/C21H16F3N3O2.C20H13BrF3N3O2.C2H4Cl2.CH5BO2/c1-13-19(29-12-15-5-9-17(28-2)10-6-15)18(26-27-20(13)21(22,23)24)16-7-3-14(11-25)4-8-16;1-28-15-8-4-13(5-9-15)11-29-18-16(21)19(20(22,23)24)27-26-17(18)14-6-2-12(10-25)3-7-14;2*1-2(3)4/h3-10H,12H2,1-2H3;2-9H,11H2,1H3;2H,1H3;3-4H,1H3. The number of ether oxygens (including phenoxy) is 4. The predicted octanol–water partition coefficient (Wildman–Crippen LogP) is 11.2. The summed E-state index contributed by atoms with van der Waals surface area (Å²) in [6, 6.07) is 30.4. The maximum atomic E-state index is 13.3. The number of hydrogen-bond acceptors (Lipinski definition) is 12. The van der Waals surface area contributed by atoms with Crippen LogP contribution in [0.5, 0.6) is 23.0 Å². The van der Waals surface area contributed by atoms with Crippen LogP contribution >= 0.6 is 39.1 Å². The molecule has 0 spiro atoms. The zero-order valence-corrected chi connectivity index (χ0v) is 38.5. The molecule has 2 heterocycles. The summed E-state index contributed by atoms with van der Waals surface area (Å²) in [6.07, 6.45) is -9.36. The number of alkyl halides is 8. The van der Waals surface area contributed by atoms with Gasteiger partial charge in [-0.05, 0) is 96.3 Å². The molecule has 0 saturated heterocycles. The number of aromatic nitrogens is 4. The molecule has 0 amide bonds. The highest BCUT2D eigenvalue weighted by molar-refractivity contribution is 9.10. The van der Waals surface area contributed by atoms with E-state index >= 15 is 0 Å². The molecular formula is C44H38BBrCl2F6N6O6. The van der Waals surface area contributed by atoms with Crippen molar-refractivity contribution in [1.82, 2.24) is 20.4 Å². The van der Waals surface area contributed by atoms with Gasteiger partial charge in [-0.25, -0.2) is 0 Å². The van der Waals surface area contributed by atoms with Gasteiger partial charge in [-0.15, -0.1) is 43.6 Å². The molecule has 0 atom stereocenters. The molecule has 0 saturated carbocycles. The Morgan fingerprint density at radius 1 is 0.636 bits per heavy atom. The van der Waals surface area contributed by atoms with Crippen molar-refractivity contribution in [3.8, 4) is 57.7 Å². The second kappa shape index (κ2) is 25.5. The molecule has 2 aromatic heterocycles. The molecule has 12 nitrogen and oxygen atoms in total. The third kappa shape index (κ3) is 16.7. The number of methoxy groups -OCH3 is 2. The smallest absolute Gasteiger partial charge is 0.448 e. The van der Waals surface area contributed by atoms with E-state index in [4.69, 9.17) is 62.7 Å². The molecule has 2 N–H and O–H groups in total. The van der Waals surface area contributed by atoms with Crippen molar-refractivity contribution in [2.75, 3.05) is 14.2 Å². The summed E-state index contributed by atoms with van der Waals surface area (Å²) < 4.78 is 101. The number of nitriles is 2. The minimum absolute atomic E-state index is 0.00662. The summed E-state index contributed by atoms with van der Waals surface area (Å²) >= 11 is 13.1. The summed E-state index contributed by atoms with van der Waals surface area (Å²) in [4.78, 5) is -0.222. The van der Waals surface area contributed by atoms with Gasteiger partial charge in [-0.1, -0.05) is 48.5 Å². The summed E-state index contributed by atoms with van der Waals surface area (Å²) in [5.41, 5.74) is 1.15. The second-order valence-corrected chi connectivity index (χ2v) is 15.5. The third-order valence-corrected chi connectivity index (χ3v) is 8.97. The van der Waals surface area contributed by atoms with E-state index in [1.165, 1.54) is 33.0 Å². The van der Waals surface area contributed by atoms with Gasteiger partial charge in [-0.3, -0.25) is 0 Å². The molecular weight excluding hydrogens is 984 g/mol. The zero-order chi connectivity index (χ0) is 49.2. The second-order valence-electron chi connectivity index (χ2n) is 13.2. The van der Waals surface area contributed by atoms with Crippen LogP contribution in [0.2, 0.25) is 6.82 Å². The Balaban J connectivity index is 0.000000301. The van der Waals surface area contributed by atoms with Crippen molar-refractivity contribution >= 4 is 46.3 Å².